The predicted octanol–water partition coefficient (Wildman–Crippen LogP) is 3.77. The van der Waals surface area contributed by atoms with E-state index >= 15 is 0 Å². The van der Waals surface area contributed by atoms with Crippen LogP contribution in [0.3, 0.4) is 0 Å². The molecule has 0 aliphatic carbocycles. The summed E-state index contributed by atoms with van der Waals surface area (Å²) in [6, 6.07) is 7.00. The second-order valence-corrected chi connectivity index (χ2v) is 7.51. The summed E-state index contributed by atoms with van der Waals surface area (Å²) in [7, 11) is 5.02. The summed E-state index contributed by atoms with van der Waals surface area (Å²) in [6.45, 7) is 2.53. The fourth-order valence-corrected chi connectivity index (χ4v) is 4.03. The minimum absolute atomic E-state index is 0.0965. The van der Waals surface area contributed by atoms with Gasteiger partial charge in [-0.1, -0.05) is 5.16 Å². The van der Waals surface area contributed by atoms with E-state index in [0.717, 1.165) is 36.2 Å². The highest BCUT2D eigenvalue weighted by atomic mass is 16.5. The van der Waals surface area contributed by atoms with Crippen molar-refractivity contribution in [1.29, 1.82) is 0 Å². The van der Waals surface area contributed by atoms with E-state index < -0.39 is 0 Å². The third kappa shape index (κ3) is 3.65. The van der Waals surface area contributed by atoms with Gasteiger partial charge in [-0.25, -0.2) is 0 Å². The van der Waals surface area contributed by atoms with Crippen LogP contribution >= 0.6 is 0 Å². The minimum Gasteiger partial charge on any atom is -0.497 e. The molecule has 0 N–H and O–H groups in total. The van der Waals surface area contributed by atoms with Gasteiger partial charge in [-0.2, -0.15) is 5.10 Å². The van der Waals surface area contributed by atoms with Gasteiger partial charge in [0.25, 0.3) is 5.91 Å². The van der Waals surface area contributed by atoms with Gasteiger partial charge in [0.05, 0.1) is 42.8 Å². The lowest BCUT2D eigenvalue weighted by Crippen LogP contribution is -2.39. The molecule has 1 fully saturated rings. The van der Waals surface area contributed by atoms with Crippen LogP contribution in [0.1, 0.15) is 47.1 Å². The first kappa shape index (κ1) is 20.0. The van der Waals surface area contributed by atoms with Crippen molar-refractivity contribution in [2.24, 2.45) is 7.05 Å². The monoisotopic (exact) mass is 410 g/mol. The Bertz CT molecular complexity index is 1060. The summed E-state index contributed by atoms with van der Waals surface area (Å²) in [4.78, 5) is 15.5. The van der Waals surface area contributed by atoms with Crippen LogP contribution in [0, 0.1) is 6.92 Å². The van der Waals surface area contributed by atoms with E-state index in [1.54, 1.807) is 37.1 Å². The molecule has 158 valence electrons. The molecule has 1 aromatic carbocycles. The Balaban J connectivity index is 1.74. The van der Waals surface area contributed by atoms with E-state index in [4.69, 9.17) is 19.1 Å². The number of carbonyl (C=O) groups excluding carboxylic acids is 1. The van der Waals surface area contributed by atoms with Crippen LogP contribution < -0.4 is 9.47 Å². The molecular weight excluding hydrogens is 384 g/mol. The Morgan fingerprint density at radius 2 is 2.03 bits per heavy atom. The third-order valence-corrected chi connectivity index (χ3v) is 5.47. The maximum Gasteiger partial charge on any atom is 0.258 e. The van der Waals surface area contributed by atoms with Gasteiger partial charge in [-0.3, -0.25) is 9.48 Å². The predicted molar refractivity (Wildman–Crippen MR) is 111 cm³/mol. The zero-order valence-electron chi connectivity index (χ0n) is 17.7. The average molecular weight is 410 g/mol. The second kappa shape index (κ2) is 8.22. The van der Waals surface area contributed by atoms with Crippen molar-refractivity contribution >= 4 is 5.91 Å². The smallest absolute Gasteiger partial charge is 0.258 e. The Labute approximate surface area is 175 Å². The average Bonchev–Trinajstić information content (AvgIpc) is 3.38. The van der Waals surface area contributed by atoms with Crippen LogP contribution in [0.2, 0.25) is 0 Å². The van der Waals surface area contributed by atoms with Gasteiger partial charge in [-0.05, 0) is 44.4 Å². The fraction of sp³-hybridized carbons (Fsp3) is 0.409. The molecule has 1 saturated heterocycles. The summed E-state index contributed by atoms with van der Waals surface area (Å²) in [5.74, 6) is 1.70. The summed E-state index contributed by atoms with van der Waals surface area (Å²) in [6.07, 6.45) is 4.71. The number of ether oxygens (including phenoxy) is 2. The van der Waals surface area contributed by atoms with E-state index in [-0.39, 0.29) is 11.9 Å². The lowest BCUT2D eigenvalue weighted by Gasteiger charge is -2.35. The van der Waals surface area contributed by atoms with Crippen molar-refractivity contribution in [3.63, 3.8) is 0 Å². The molecule has 8 heteroatoms. The van der Waals surface area contributed by atoms with Gasteiger partial charge in [0.2, 0.25) is 0 Å². The molecule has 30 heavy (non-hydrogen) atoms. The molecule has 0 radical (unpaired) electrons. The van der Waals surface area contributed by atoms with E-state index in [0.29, 0.717) is 29.4 Å². The largest absolute Gasteiger partial charge is 0.497 e. The maximum absolute atomic E-state index is 13.6. The summed E-state index contributed by atoms with van der Waals surface area (Å²) >= 11 is 0. The van der Waals surface area contributed by atoms with Crippen LogP contribution in [-0.4, -0.2) is 46.5 Å². The van der Waals surface area contributed by atoms with Gasteiger partial charge in [0, 0.05) is 25.9 Å². The molecule has 1 aliphatic heterocycles. The standard InChI is InChI=1S/C22H26N4O4/c1-14-11-20(30-24-14)17-13-25(2)23-21(17)18-7-5-6-10-26(18)22(27)16-12-15(28-3)8-9-19(16)29-4/h8-9,11-13,18H,5-7,10H2,1-4H3/t18-/m1/s1. The Kier molecular flexibility index (Phi) is 5.48. The number of benzene rings is 1. The van der Waals surface area contributed by atoms with Gasteiger partial charge in [0.1, 0.15) is 11.5 Å². The number of likely N-dealkylation sites (tertiary alicyclic amines) is 1. The van der Waals surface area contributed by atoms with Crippen molar-refractivity contribution in [3.05, 3.63) is 47.4 Å². The first-order valence-electron chi connectivity index (χ1n) is 10.0. The van der Waals surface area contributed by atoms with Crippen molar-refractivity contribution in [2.75, 3.05) is 20.8 Å². The zero-order chi connectivity index (χ0) is 21.3. The molecule has 3 heterocycles. The first-order valence-corrected chi connectivity index (χ1v) is 10.0. The number of hydrogen-bond acceptors (Lipinski definition) is 6. The fourth-order valence-electron chi connectivity index (χ4n) is 4.03. The van der Waals surface area contributed by atoms with E-state index in [1.807, 2.05) is 31.1 Å². The van der Waals surface area contributed by atoms with Crippen LogP contribution in [0.15, 0.2) is 35.0 Å². The molecule has 0 bridgehead atoms. The SMILES string of the molecule is COc1ccc(OC)c(C(=O)N2CCCC[C@@H]2c2nn(C)cc2-c2cc(C)no2)c1. The quantitative estimate of drug-likeness (QED) is 0.637. The van der Waals surface area contributed by atoms with Crippen molar-refractivity contribution in [1.82, 2.24) is 19.8 Å². The van der Waals surface area contributed by atoms with Crippen LogP contribution in [0.25, 0.3) is 11.3 Å². The lowest BCUT2D eigenvalue weighted by atomic mass is 9.95. The van der Waals surface area contributed by atoms with Crippen LogP contribution in [0.4, 0.5) is 0 Å². The molecule has 8 nitrogen and oxygen atoms in total. The number of hydrogen-bond donors (Lipinski definition) is 0. The van der Waals surface area contributed by atoms with Gasteiger partial charge >= 0.3 is 0 Å². The van der Waals surface area contributed by atoms with E-state index in [2.05, 4.69) is 5.16 Å². The minimum atomic E-state index is -0.163. The van der Waals surface area contributed by atoms with E-state index in [9.17, 15) is 4.79 Å². The molecular formula is C22H26N4O4. The highest BCUT2D eigenvalue weighted by molar-refractivity contribution is 5.97. The van der Waals surface area contributed by atoms with Crippen molar-refractivity contribution < 1.29 is 18.8 Å². The number of amides is 1. The second-order valence-electron chi connectivity index (χ2n) is 7.51. The Morgan fingerprint density at radius 3 is 2.73 bits per heavy atom. The Morgan fingerprint density at radius 1 is 1.20 bits per heavy atom. The van der Waals surface area contributed by atoms with Gasteiger partial charge in [-0.15, -0.1) is 0 Å². The topological polar surface area (TPSA) is 82.6 Å². The number of piperidine rings is 1. The highest BCUT2D eigenvalue weighted by Crippen LogP contribution is 2.38. The highest BCUT2D eigenvalue weighted by Gasteiger charge is 2.34. The molecule has 1 atom stereocenters. The molecule has 2 aromatic heterocycles. The van der Waals surface area contributed by atoms with Crippen molar-refractivity contribution in [3.8, 4) is 22.8 Å². The molecule has 4 rings (SSSR count). The van der Waals surface area contributed by atoms with E-state index in [1.165, 1.54) is 0 Å². The summed E-state index contributed by atoms with van der Waals surface area (Å²) < 4.78 is 18.0. The molecule has 0 spiro atoms. The lowest BCUT2D eigenvalue weighted by molar-refractivity contribution is 0.0602. The number of nitrogens with zero attached hydrogens (tertiary/aromatic N) is 4. The molecule has 0 saturated carbocycles. The molecule has 0 unspecified atom stereocenters. The van der Waals surface area contributed by atoms with Crippen LogP contribution in [-0.2, 0) is 7.05 Å². The molecule has 1 amide bonds. The first-order chi connectivity index (χ1) is 14.5. The maximum atomic E-state index is 13.6. The zero-order valence-corrected chi connectivity index (χ0v) is 17.7. The number of aryl methyl sites for hydroxylation is 2. The van der Waals surface area contributed by atoms with Gasteiger partial charge in [0.15, 0.2) is 5.76 Å². The number of rotatable bonds is 5. The number of carbonyl (C=O) groups is 1. The number of methoxy groups -OCH3 is 2. The summed E-state index contributed by atoms with van der Waals surface area (Å²) in [5.41, 5.74) is 2.97. The number of aromatic nitrogens is 3. The molecule has 3 aromatic rings. The van der Waals surface area contributed by atoms with Gasteiger partial charge < -0.3 is 18.9 Å². The Hall–Kier alpha value is -3.29. The molecule has 1 aliphatic rings. The summed E-state index contributed by atoms with van der Waals surface area (Å²) in [5, 5.41) is 8.71. The van der Waals surface area contributed by atoms with Crippen molar-refractivity contribution in [2.45, 2.75) is 32.2 Å². The third-order valence-electron chi connectivity index (χ3n) is 5.47. The van der Waals surface area contributed by atoms with Crippen LogP contribution in [0.5, 0.6) is 11.5 Å². The normalized spacial score (nSPS) is 16.5.